The molecule has 31 heavy (non-hydrogen) atoms. The molecule has 0 spiro atoms. The van der Waals surface area contributed by atoms with E-state index in [1.165, 1.54) is 25.7 Å². The van der Waals surface area contributed by atoms with E-state index in [2.05, 4.69) is 10.6 Å². The first-order chi connectivity index (χ1) is 15.2. The van der Waals surface area contributed by atoms with Crippen molar-refractivity contribution in [1.29, 1.82) is 0 Å². The highest BCUT2D eigenvalue weighted by molar-refractivity contribution is 5.67. The summed E-state index contributed by atoms with van der Waals surface area (Å²) in [5, 5.41) is 16.2. The Bertz CT molecular complexity index is 775. The van der Waals surface area contributed by atoms with Crippen molar-refractivity contribution in [3.8, 4) is 5.75 Å². The van der Waals surface area contributed by atoms with Crippen LogP contribution in [0.2, 0.25) is 0 Å². The number of hydrogen-bond acceptors (Lipinski definition) is 4. The second-order valence-corrected chi connectivity index (χ2v) is 8.51. The van der Waals surface area contributed by atoms with Gasteiger partial charge in [-0.2, -0.15) is 0 Å². The summed E-state index contributed by atoms with van der Waals surface area (Å²) in [6, 6.07) is 17.9. The first kappa shape index (κ1) is 23.3. The molecule has 3 N–H and O–H groups in total. The van der Waals surface area contributed by atoms with Crippen LogP contribution in [0.5, 0.6) is 5.75 Å². The molecular formula is C26H36N2O3. The Balaban J connectivity index is 1.48. The fourth-order valence-corrected chi connectivity index (χ4v) is 4.25. The van der Waals surface area contributed by atoms with Crippen LogP contribution < -0.4 is 15.4 Å². The number of carbonyl (C=O) groups is 1. The summed E-state index contributed by atoms with van der Waals surface area (Å²) in [4.78, 5) is 11.4. The number of aliphatic carboxylic acids is 1. The third-order valence-corrected chi connectivity index (χ3v) is 6.02. The Hall–Kier alpha value is -2.37. The van der Waals surface area contributed by atoms with Crippen LogP contribution in [0, 0.1) is 5.92 Å². The molecule has 0 saturated carbocycles. The van der Waals surface area contributed by atoms with Gasteiger partial charge in [-0.1, -0.05) is 55.0 Å². The smallest absolute Gasteiger partial charge is 0.304 e. The van der Waals surface area contributed by atoms with Crippen LogP contribution in [0.4, 0.5) is 0 Å². The number of nitrogens with one attached hydrogen (secondary N) is 2. The van der Waals surface area contributed by atoms with E-state index in [0.717, 1.165) is 42.3 Å². The Morgan fingerprint density at radius 2 is 1.81 bits per heavy atom. The minimum absolute atomic E-state index is 0.0808. The number of piperidine rings is 1. The number of ether oxygens (including phenoxy) is 1. The van der Waals surface area contributed by atoms with E-state index in [4.69, 9.17) is 4.74 Å². The molecule has 0 aromatic heterocycles. The van der Waals surface area contributed by atoms with Crippen molar-refractivity contribution in [3.63, 3.8) is 0 Å². The zero-order chi connectivity index (χ0) is 21.7. The lowest BCUT2D eigenvalue weighted by molar-refractivity contribution is -0.137. The molecule has 1 aliphatic heterocycles. The van der Waals surface area contributed by atoms with Gasteiger partial charge in [-0.25, -0.2) is 0 Å². The molecule has 1 heterocycles. The monoisotopic (exact) mass is 424 g/mol. The predicted molar refractivity (Wildman–Crippen MR) is 124 cm³/mol. The highest BCUT2D eigenvalue weighted by atomic mass is 16.5. The second-order valence-electron chi connectivity index (χ2n) is 8.51. The first-order valence-electron chi connectivity index (χ1n) is 11.6. The summed E-state index contributed by atoms with van der Waals surface area (Å²) < 4.78 is 6.11. The first-order valence-corrected chi connectivity index (χ1v) is 11.6. The van der Waals surface area contributed by atoms with E-state index in [9.17, 15) is 9.90 Å². The average Bonchev–Trinajstić information content (AvgIpc) is 2.79. The molecule has 168 valence electrons. The predicted octanol–water partition coefficient (Wildman–Crippen LogP) is 4.41. The summed E-state index contributed by atoms with van der Waals surface area (Å²) in [6.07, 6.45) is 6.85. The molecule has 0 amide bonds. The van der Waals surface area contributed by atoms with Crippen molar-refractivity contribution in [1.82, 2.24) is 10.6 Å². The van der Waals surface area contributed by atoms with Crippen molar-refractivity contribution in [2.45, 2.75) is 57.5 Å². The minimum Gasteiger partial charge on any atom is -0.493 e. The van der Waals surface area contributed by atoms with Crippen LogP contribution in [0.3, 0.4) is 0 Å². The molecular weight excluding hydrogens is 388 g/mol. The summed E-state index contributed by atoms with van der Waals surface area (Å²) >= 11 is 0. The van der Waals surface area contributed by atoms with E-state index in [1.807, 2.05) is 54.6 Å². The maximum atomic E-state index is 11.4. The highest BCUT2D eigenvalue weighted by Crippen LogP contribution is 2.22. The molecule has 2 aromatic rings. The van der Waals surface area contributed by atoms with E-state index < -0.39 is 5.97 Å². The van der Waals surface area contributed by atoms with Crippen LogP contribution in [-0.2, 0) is 17.8 Å². The van der Waals surface area contributed by atoms with Gasteiger partial charge in [-0.05, 0) is 68.3 Å². The molecule has 3 rings (SSSR count). The van der Waals surface area contributed by atoms with E-state index in [1.54, 1.807) is 0 Å². The Kier molecular flexibility index (Phi) is 9.87. The zero-order valence-corrected chi connectivity index (χ0v) is 18.4. The van der Waals surface area contributed by atoms with Gasteiger partial charge in [0.05, 0.1) is 13.0 Å². The molecule has 1 aliphatic rings. The molecule has 1 saturated heterocycles. The number of hydrogen-bond donors (Lipinski definition) is 3. The van der Waals surface area contributed by atoms with Crippen molar-refractivity contribution >= 4 is 5.97 Å². The van der Waals surface area contributed by atoms with Gasteiger partial charge in [0.15, 0.2) is 0 Å². The second kappa shape index (κ2) is 13.1. The topological polar surface area (TPSA) is 70.6 Å². The average molecular weight is 425 g/mol. The summed E-state index contributed by atoms with van der Waals surface area (Å²) in [6.45, 7) is 3.68. The third-order valence-electron chi connectivity index (χ3n) is 6.02. The molecule has 0 radical (unpaired) electrons. The van der Waals surface area contributed by atoms with Gasteiger partial charge >= 0.3 is 5.97 Å². The number of carboxylic acid groups (broad SMARTS) is 1. The van der Waals surface area contributed by atoms with Crippen molar-refractivity contribution in [2.24, 2.45) is 5.92 Å². The van der Waals surface area contributed by atoms with Crippen LogP contribution in [0.25, 0.3) is 0 Å². The quantitative estimate of drug-likeness (QED) is 0.416. The lowest BCUT2D eigenvalue weighted by Gasteiger charge is -2.22. The molecule has 2 aromatic carbocycles. The van der Waals surface area contributed by atoms with Gasteiger partial charge in [0, 0.05) is 12.6 Å². The number of benzene rings is 2. The normalized spacial score (nSPS) is 15.5. The lowest BCUT2D eigenvalue weighted by Crippen LogP contribution is -2.33. The van der Waals surface area contributed by atoms with Crippen molar-refractivity contribution in [3.05, 3.63) is 65.7 Å². The van der Waals surface area contributed by atoms with Crippen molar-refractivity contribution in [2.75, 3.05) is 19.7 Å². The Morgan fingerprint density at radius 1 is 1.06 bits per heavy atom. The number of rotatable bonds is 13. The third kappa shape index (κ3) is 8.72. The molecule has 1 atom stereocenters. The van der Waals surface area contributed by atoms with Gasteiger partial charge in [0.2, 0.25) is 0 Å². The summed E-state index contributed by atoms with van der Waals surface area (Å²) in [5.41, 5.74) is 2.21. The summed E-state index contributed by atoms with van der Waals surface area (Å²) in [7, 11) is 0. The fraction of sp³-hybridized carbons (Fsp3) is 0.500. The summed E-state index contributed by atoms with van der Waals surface area (Å²) in [5.74, 6) is 0.948. The van der Waals surface area contributed by atoms with Crippen LogP contribution in [0.1, 0.15) is 49.7 Å². The fourth-order valence-electron chi connectivity index (χ4n) is 4.25. The SMILES string of the molecule is O=C(O)CC(Cc1ccccc1OCCCCC1CCNCC1)NCc1ccccc1. The van der Waals surface area contributed by atoms with E-state index >= 15 is 0 Å². The van der Waals surface area contributed by atoms with E-state index in [-0.39, 0.29) is 12.5 Å². The van der Waals surface area contributed by atoms with Crippen molar-refractivity contribution < 1.29 is 14.6 Å². The molecule has 5 nitrogen and oxygen atoms in total. The molecule has 0 aliphatic carbocycles. The van der Waals surface area contributed by atoms with Gasteiger partial charge in [0.1, 0.15) is 5.75 Å². The number of para-hydroxylation sites is 1. The lowest BCUT2D eigenvalue weighted by atomic mass is 9.93. The highest BCUT2D eigenvalue weighted by Gasteiger charge is 2.16. The van der Waals surface area contributed by atoms with Crippen LogP contribution >= 0.6 is 0 Å². The zero-order valence-electron chi connectivity index (χ0n) is 18.4. The van der Waals surface area contributed by atoms with Gasteiger partial charge in [0.25, 0.3) is 0 Å². The standard InChI is InChI=1S/C26H36N2O3/c29-26(30)19-24(28-20-22-9-2-1-3-10-22)18-23-11-4-5-12-25(23)31-17-7-6-8-21-13-15-27-16-14-21/h1-5,9-12,21,24,27-28H,6-8,13-20H2,(H,29,30). The van der Waals surface area contributed by atoms with E-state index in [0.29, 0.717) is 19.6 Å². The van der Waals surface area contributed by atoms with Gasteiger partial charge in [-0.3, -0.25) is 4.79 Å². The number of carboxylic acids is 1. The molecule has 1 unspecified atom stereocenters. The maximum absolute atomic E-state index is 11.4. The maximum Gasteiger partial charge on any atom is 0.304 e. The van der Waals surface area contributed by atoms with Crippen LogP contribution in [-0.4, -0.2) is 36.8 Å². The van der Waals surface area contributed by atoms with Crippen LogP contribution in [0.15, 0.2) is 54.6 Å². The van der Waals surface area contributed by atoms with Gasteiger partial charge in [-0.15, -0.1) is 0 Å². The molecule has 0 bridgehead atoms. The minimum atomic E-state index is -0.790. The Labute approximate surface area is 186 Å². The van der Waals surface area contributed by atoms with Gasteiger partial charge < -0.3 is 20.5 Å². The molecule has 5 heteroatoms. The largest absolute Gasteiger partial charge is 0.493 e. The Morgan fingerprint density at radius 3 is 2.58 bits per heavy atom. The molecule has 1 fully saturated rings. The number of unbranched alkanes of at least 4 members (excludes halogenated alkanes) is 1.